The van der Waals surface area contributed by atoms with E-state index in [1.54, 1.807) is 4.90 Å². The number of hydrogen-bond acceptors (Lipinski definition) is 2. The van der Waals surface area contributed by atoms with Crippen LogP contribution in [0.5, 0.6) is 0 Å². The minimum Gasteiger partial charge on any atom is -0.340 e. The van der Waals surface area contributed by atoms with Crippen molar-refractivity contribution in [2.75, 3.05) is 27.2 Å². The largest absolute Gasteiger partial charge is 0.340 e. The van der Waals surface area contributed by atoms with E-state index < -0.39 is 0 Å². The summed E-state index contributed by atoms with van der Waals surface area (Å²) < 4.78 is 1.95. The lowest BCUT2D eigenvalue weighted by Gasteiger charge is -2.17. The second kappa shape index (κ2) is 6.39. The molecule has 1 heterocycles. The Morgan fingerprint density at radius 2 is 1.90 bits per heavy atom. The van der Waals surface area contributed by atoms with Crippen molar-refractivity contribution in [2.45, 2.75) is 0 Å². The molecule has 0 atom stereocenters. The molecular formula is C16H21N3O. The number of carbonyl (C=O) groups is 1. The van der Waals surface area contributed by atoms with E-state index in [4.69, 9.17) is 0 Å². The molecule has 106 valence electrons. The van der Waals surface area contributed by atoms with E-state index in [9.17, 15) is 4.79 Å². The van der Waals surface area contributed by atoms with Crippen LogP contribution in [0.3, 0.4) is 0 Å². The molecule has 1 aromatic carbocycles. The fourth-order valence-electron chi connectivity index (χ4n) is 2.20. The molecule has 0 saturated heterocycles. The van der Waals surface area contributed by atoms with Crippen molar-refractivity contribution in [2.24, 2.45) is 7.05 Å². The normalized spacial score (nSPS) is 10.6. The van der Waals surface area contributed by atoms with Crippen LogP contribution < -0.4 is 5.32 Å². The minimum absolute atomic E-state index is 0.0462. The molecular weight excluding hydrogens is 250 g/mol. The fraction of sp³-hybridized carbons (Fsp3) is 0.312. The summed E-state index contributed by atoms with van der Waals surface area (Å²) in [6.07, 6.45) is 0. The van der Waals surface area contributed by atoms with Crippen LogP contribution in [0, 0.1) is 0 Å². The van der Waals surface area contributed by atoms with Crippen molar-refractivity contribution in [3.05, 3.63) is 48.2 Å². The summed E-state index contributed by atoms with van der Waals surface area (Å²) in [7, 11) is 5.64. The summed E-state index contributed by atoms with van der Waals surface area (Å²) in [6.45, 7) is 1.49. The van der Waals surface area contributed by atoms with Crippen molar-refractivity contribution < 1.29 is 4.79 Å². The van der Waals surface area contributed by atoms with Crippen LogP contribution >= 0.6 is 0 Å². The first-order valence-corrected chi connectivity index (χ1v) is 6.76. The summed E-state index contributed by atoms with van der Waals surface area (Å²) in [5.41, 5.74) is 2.88. The summed E-state index contributed by atoms with van der Waals surface area (Å²) in [5, 5.41) is 3.05. The van der Waals surface area contributed by atoms with Crippen LogP contribution in [0.25, 0.3) is 11.3 Å². The third-order valence-electron chi connectivity index (χ3n) is 3.45. The number of likely N-dealkylation sites (N-methyl/N-ethyl adjacent to an activating group) is 2. The van der Waals surface area contributed by atoms with E-state index in [-0.39, 0.29) is 5.91 Å². The topological polar surface area (TPSA) is 37.3 Å². The Morgan fingerprint density at radius 3 is 2.55 bits per heavy atom. The molecule has 2 aromatic rings. The Balaban J connectivity index is 2.23. The number of benzene rings is 1. The lowest BCUT2D eigenvalue weighted by molar-refractivity contribution is 0.0787. The summed E-state index contributed by atoms with van der Waals surface area (Å²) >= 11 is 0. The quantitative estimate of drug-likeness (QED) is 0.903. The zero-order valence-corrected chi connectivity index (χ0v) is 12.3. The van der Waals surface area contributed by atoms with Crippen LogP contribution in [0.15, 0.2) is 42.5 Å². The number of aromatic nitrogens is 1. The molecule has 0 fully saturated rings. The molecule has 1 N–H and O–H groups in total. The molecule has 0 unspecified atom stereocenters. The van der Waals surface area contributed by atoms with E-state index in [1.165, 1.54) is 0 Å². The van der Waals surface area contributed by atoms with Gasteiger partial charge in [0.25, 0.3) is 5.91 Å². The molecule has 0 saturated carbocycles. The number of nitrogens with zero attached hydrogens (tertiary/aromatic N) is 2. The van der Waals surface area contributed by atoms with Crippen LogP contribution in [0.1, 0.15) is 10.5 Å². The average molecular weight is 271 g/mol. The second-order valence-corrected chi connectivity index (χ2v) is 4.86. The van der Waals surface area contributed by atoms with Crippen LogP contribution in [-0.2, 0) is 7.05 Å². The van der Waals surface area contributed by atoms with Gasteiger partial charge < -0.3 is 14.8 Å². The predicted molar refractivity (Wildman–Crippen MR) is 81.7 cm³/mol. The zero-order chi connectivity index (χ0) is 14.5. The molecule has 1 amide bonds. The Morgan fingerprint density at radius 1 is 1.20 bits per heavy atom. The van der Waals surface area contributed by atoms with Crippen molar-refractivity contribution >= 4 is 5.91 Å². The Hall–Kier alpha value is -2.07. The molecule has 0 bridgehead atoms. The maximum absolute atomic E-state index is 12.4. The molecule has 0 aliphatic heterocycles. The highest BCUT2D eigenvalue weighted by Crippen LogP contribution is 2.21. The van der Waals surface area contributed by atoms with Crippen molar-refractivity contribution in [1.82, 2.24) is 14.8 Å². The van der Waals surface area contributed by atoms with Crippen LogP contribution in [0.2, 0.25) is 0 Å². The Bertz CT molecular complexity index is 575. The molecule has 20 heavy (non-hydrogen) atoms. The lowest BCUT2D eigenvalue weighted by atomic mass is 10.2. The highest BCUT2D eigenvalue weighted by atomic mass is 16.2. The van der Waals surface area contributed by atoms with Gasteiger partial charge in [-0.25, -0.2) is 0 Å². The van der Waals surface area contributed by atoms with E-state index in [2.05, 4.69) is 5.32 Å². The van der Waals surface area contributed by atoms with Crippen LogP contribution in [-0.4, -0.2) is 42.6 Å². The first-order chi connectivity index (χ1) is 9.65. The first-order valence-electron chi connectivity index (χ1n) is 6.76. The van der Waals surface area contributed by atoms with Gasteiger partial charge in [0, 0.05) is 32.9 Å². The van der Waals surface area contributed by atoms with Gasteiger partial charge >= 0.3 is 0 Å². The predicted octanol–water partition coefficient (Wildman–Crippen LogP) is 1.98. The van der Waals surface area contributed by atoms with Gasteiger partial charge in [-0.2, -0.15) is 0 Å². The fourth-order valence-corrected chi connectivity index (χ4v) is 2.20. The zero-order valence-electron chi connectivity index (χ0n) is 12.3. The maximum atomic E-state index is 12.4. The summed E-state index contributed by atoms with van der Waals surface area (Å²) in [6, 6.07) is 14.0. The number of nitrogens with one attached hydrogen (secondary N) is 1. The molecule has 4 nitrogen and oxygen atoms in total. The van der Waals surface area contributed by atoms with Gasteiger partial charge in [0.05, 0.1) is 0 Å². The number of carbonyl (C=O) groups excluding carboxylic acids is 1. The highest BCUT2D eigenvalue weighted by Gasteiger charge is 2.16. The summed E-state index contributed by atoms with van der Waals surface area (Å²) in [5.74, 6) is 0.0462. The van der Waals surface area contributed by atoms with E-state index in [0.717, 1.165) is 17.8 Å². The van der Waals surface area contributed by atoms with Gasteiger partial charge in [-0.15, -0.1) is 0 Å². The first kappa shape index (κ1) is 14.3. The van der Waals surface area contributed by atoms with Gasteiger partial charge in [0.2, 0.25) is 0 Å². The summed E-state index contributed by atoms with van der Waals surface area (Å²) in [4.78, 5) is 14.1. The molecule has 0 aliphatic carbocycles. The molecule has 0 aliphatic rings. The number of amides is 1. The maximum Gasteiger partial charge on any atom is 0.270 e. The van der Waals surface area contributed by atoms with Crippen molar-refractivity contribution in [1.29, 1.82) is 0 Å². The van der Waals surface area contributed by atoms with Gasteiger partial charge in [0.1, 0.15) is 5.69 Å². The van der Waals surface area contributed by atoms with E-state index >= 15 is 0 Å². The molecule has 1 aromatic heterocycles. The molecule has 4 heteroatoms. The van der Waals surface area contributed by atoms with Gasteiger partial charge in [-0.05, 0) is 24.7 Å². The van der Waals surface area contributed by atoms with Crippen molar-refractivity contribution in [3.8, 4) is 11.3 Å². The van der Waals surface area contributed by atoms with Gasteiger partial charge in [-0.1, -0.05) is 30.3 Å². The number of rotatable bonds is 5. The third-order valence-corrected chi connectivity index (χ3v) is 3.45. The van der Waals surface area contributed by atoms with Crippen molar-refractivity contribution in [3.63, 3.8) is 0 Å². The van der Waals surface area contributed by atoms with E-state index in [1.807, 2.05) is 68.2 Å². The lowest BCUT2D eigenvalue weighted by Crippen LogP contribution is -2.33. The minimum atomic E-state index is 0.0462. The molecule has 2 rings (SSSR count). The van der Waals surface area contributed by atoms with E-state index in [0.29, 0.717) is 12.2 Å². The Labute approximate surface area is 120 Å². The van der Waals surface area contributed by atoms with Crippen LogP contribution in [0.4, 0.5) is 0 Å². The monoisotopic (exact) mass is 271 g/mol. The number of hydrogen-bond donors (Lipinski definition) is 1. The van der Waals surface area contributed by atoms with Gasteiger partial charge in [-0.3, -0.25) is 4.79 Å². The highest BCUT2D eigenvalue weighted by molar-refractivity contribution is 5.93. The standard InChI is InChI=1S/C16H21N3O/c1-17-11-12-18(2)16(20)15-10-9-14(19(15)3)13-7-5-4-6-8-13/h4-10,17H,11-12H2,1-3H3. The molecule has 0 spiro atoms. The molecule has 0 radical (unpaired) electrons. The smallest absolute Gasteiger partial charge is 0.270 e. The second-order valence-electron chi connectivity index (χ2n) is 4.86. The average Bonchev–Trinajstić information content (AvgIpc) is 2.86. The van der Waals surface area contributed by atoms with Gasteiger partial charge in [0.15, 0.2) is 0 Å². The SMILES string of the molecule is CNCCN(C)C(=O)c1ccc(-c2ccccc2)n1C. The third kappa shape index (κ3) is 2.91. The Kier molecular flexibility index (Phi) is 4.58.